The standard InChI is InChI=1S/C11H11NO2.C2H6/c1-7-6-12-8-2-3-9-11(10(7)8)14-5-4-13-9;1-2/h2-3,6,12H,4-5H2,1H3;1-2H3. The lowest BCUT2D eigenvalue weighted by Crippen LogP contribution is -2.15. The Balaban J connectivity index is 0.000000457. The highest BCUT2D eigenvalue weighted by Gasteiger charge is 2.16. The number of fused-ring (bicyclic) bond motifs is 3. The number of aromatic amines is 1. The molecule has 0 fully saturated rings. The summed E-state index contributed by atoms with van der Waals surface area (Å²) in [5.41, 5.74) is 2.30. The zero-order valence-electron chi connectivity index (χ0n) is 9.96. The van der Waals surface area contributed by atoms with Crippen molar-refractivity contribution in [2.24, 2.45) is 0 Å². The van der Waals surface area contributed by atoms with Gasteiger partial charge in [0.25, 0.3) is 0 Å². The molecule has 3 rings (SSSR count). The highest BCUT2D eigenvalue weighted by molar-refractivity contribution is 5.91. The van der Waals surface area contributed by atoms with E-state index in [9.17, 15) is 0 Å². The first-order valence-electron chi connectivity index (χ1n) is 5.72. The first-order valence-corrected chi connectivity index (χ1v) is 5.72. The van der Waals surface area contributed by atoms with Gasteiger partial charge >= 0.3 is 0 Å². The van der Waals surface area contributed by atoms with E-state index < -0.39 is 0 Å². The third kappa shape index (κ3) is 1.62. The summed E-state index contributed by atoms with van der Waals surface area (Å²) < 4.78 is 11.1. The number of ether oxygens (including phenoxy) is 2. The molecule has 2 aromatic rings. The molecule has 0 radical (unpaired) electrons. The summed E-state index contributed by atoms with van der Waals surface area (Å²) in [5.74, 6) is 1.74. The van der Waals surface area contributed by atoms with Crippen LogP contribution in [0.25, 0.3) is 10.9 Å². The average molecular weight is 219 g/mol. The molecule has 1 aliphatic rings. The molecule has 0 spiro atoms. The SMILES string of the molecule is CC.Cc1c[nH]c2ccc3c(c12)OCCO3. The molecule has 0 saturated carbocycles. The number of aryl methyl sites for hydroxylation is 1. The van der Waals surface area contributed by atoms with E-state index in [0.29, 0.717) is 13.2 Å². The second-order valence-corrected chi connectivity index (χ2v) is 3.48. The van der Waals surface area contributed by atoms with Gasteiger partial charge in [0.1, 0.15) is 13.2 Å². The van der Waals surface area contributed by atoms with Crippen LogP contribution in [0.4, 0.5) is 0 Å². The van der Waals surface area contributed by atoms with Crippen molar-refractivity contribution in [3.05, 3.63) is 23.9 Å². The minimum absolute atomic E-state index is 0.636. The maximum Gasteiger partial charge on any atom is 0.170 e. The topological polar surface area (TPSA) is 34.2 Å². The van der Waals surface area contributed by atoms with Gasteiger partial charge in [0.05, 0.1) is 0 Å². The molecule has 0 aliphatic carbocycles. The molecule has 0 saturated heterocycles. The molecule has 0 atom stereocenters. The number of hydrogen-bond acceptors (Lipinski definition) is 2. The second kappa shape index (κ2) is 4.47. The van der Waals surface area contributed by atoms with E-state index in [1.807, 2.05) is 32.2 Å². The minimum atomic E-state index is 0.636. The maximum atomic E-state index is 5.63. The molecule has 3 heteroatoms. The number of nitrogens with one attached hydrogen (secondary N) is 1. The van der Waals surface area contributed by atoms with Crippen molar-refractivity contribution in [2.75, 3.05) is 13.2 Å². The molecule has 0 amide bonds. The molecule has 0 unspecified atom stereocenters. The molecule has 1 aliphatic heterocycles. The van der Waals surface area contributed by atoms with Crippen molar-refractivity contribution in [1.82, 2.24) is 4.98 Å². The van der Waals surface area contributed by atoms with E-state index in [-0.39, 0.29) is 0 Å². The monoisotopic (exact) mass is 219 g/mol. The van der Waals surface area contributed by atoms with Crippen molar-refractivity contribution in [2.45, 2.75) is 20.8 Å². The van der Waals surface area contributed by atoms with Gasteiger partial charge in [0.2, 0.25) is 0 Å². The van der Waals surface area contributed by atoms with Crippen molar-refractivity contribution in [3.8, 4) is 11.5 Å². The number of aromatic nitrogens is 1. The van der Waals surface area contributed by atoms with Crippen LogP contribution >= 0.6 is 0 Å². The molecule has 86 valence electrons. The molecule has 1 aromatic heterocycles. The largest absolute Gasteiger partial charge is 0.486 e. The van der Waals surface area contributed by atoms with Crippen molar-refractivity contribution in [1.29, 1.82) is 0 Å². The molecular formula is C13H17NO2. The van der Waals surface area contributed by atoms with E-state index in [0.717, 1.165) is 22.4 Å². The quantitative estimate of drug-likeness (QED) is 0.737. The molecule has 1 aromatic carbocycles. The lowest BCUT2D eigenvalue weighted by Gasteiger charge is -2.19. The van der Waals surface area contributed by atoms with Crippen LogP contribution in [0.15, 0.2) is 18.3 Å². The van der Waals surface area contributed by atoms with Gasteiger partial charge in [-0.25, -0.2) is 0 Å². The molecule has 0 bridgehead atoms. The van der Waals surface area contributed by atoms with Gasteiger partial charge in [0, 0.05) is 17.1 Å². The normalized spacial score (nSPS) is 13.2. The van der Waals surface area contributed by atoms with Gasteiger partial charge in [-0.3, -0.25) is 0 Å². The van der Waals surface area contributed by atoms with Gasteiger partial charge in [-0.1, -0.05) is 13.8 Å². The van der Waals surface area contributed by atoms with Crippen LogP contribution in [0.5, 0.6) is 11.5 Å². The number of rotatable bonds is 0. The van der Waals surface area contributed by atoms with Crippen LogP contribution in [-0.2, 0) is 0 Å². The lowest BCUT2D eigenvalue weighted by atomic mass is 10.1. The van der Waals surface area contributed by atoms with Crippen LogP contribution in [0.1, 0.15) is 19.4 Å². The third-order valence-electron chi connectivity index (χ3n) is 2.55. The fraction of sp³-hybridized carbons (Fsp3) is 0.385. The summed E-state index contributed by atoms with van der Waals surface area (Å²) in [5, 5.41) is 1.14. The minimum Gasteiger partial charge on any atom is -0.486 e. The first kappa shape index (κ1) is 10.9. The smallest absolute Gasteiger partial charge is 0.170 e. The van der Waals surface area contributed by atoms with Gasteiger partial charge in [-0.2, -0.15) is 0 Å². The molecule has 2 heterocycles. The number of H-pyrrole nitrogens is 1. The van der Waals surface area contributed by atoms with Crippen LogP contribution in [0.3, 0.4) is 0 Å². The zero-order chi connectivity index (χ0) is 11.5. The second-order valence-electron chi connectivity index (χ2n) is 3.48. The number of hydrogen-bond donors (Lipinski definition) is 1. The fourth-order valence-corrected chi connectivity index (χ4v) is 1.89. The molecule has 1 N–H and O–H groups in total. The highest BCUT2D eigenvalue weighted by Crippen LogP contribution is 2.38. The summed E-state index contributed by atoms with van der Waals surface area (Å²) in [6, 6.07) is 3.97. The van der Waals surface area contributed by atoms with E-state index in [1.165, 1.54) is 5.56 Å². The summed E-state index contributed by atoms with van der Waals surface area (Å²) in [6.07, 6.45) is 1.99. The van der Waals surface area contributed by atoms with Crippen LogP contribution in [0, 0.1) is 6.92 Å². The molecule has 3 nitrogen and oxygen atoms in total. The first-order chi connectivity index (χ1) is 7.86. The fourth-order valence-electron chi connectivity index (χ4n) is 1.89. The third-order valence-corrected chi connectivity index (χ3v) is 2.55. The van der Waals surface area contributed by atoms with E-state index in [2.05, 4.69) is 11.9 Å². The Labute approximate surface area is 95.4 Å². The van der Waals surface area contributed by atoms with Gasteiger partial charge in [-0.15, -0.1) is 0 Å². The number of benzene rings is 1. The summed E-state index contributed by atoms with van der Waals surface area (Å²) >= 11 is 0. The van der Waals surface area contributed by atoms with Gasteiger partial charge in [0.15, 0.2) is 11.5 Å². The van der Waals surface area contributed by atoms with E-state index in [1.54, 1.807) is 0 Å². The molecular weight excluding hydrogens is 202 g/mol. The summed E-state index contributed by atoms with van der Waals surface area (Å²) in [4.78, 5) is 3.20. The Kier molecular flexibility index (Phi) is 3.04. The van der Waals surface area contributed by atoms with Crippen LogP contribution in [0.2, 0.25) is 0 Å². The predicted molar refractivity (Wildman–Crippen MR) is 65.4 cm³/mol. The van der Waals surface area contributed by atoms with E-state index >= 15 is 0 Å². The zero-order valence-corrected chi connectivity index (χ0v) is 9.96. The predicted octanol–water partition coefficient (Wildman–Crippen LogP) is 3.27. The highest BCUT2D eigenvalue weighted by atomic mass is 16.6. The average Bonchev–Trinajstić information content (AvgIpc) is 2.74. The van der Waals surface area contributed by atoms with Crippen molar-refractivity contribution < 1.29 is 9.47 Å². The lowest BCUT2D eigenvalue weighted by molar-refractivity contribution is 0.174. The van der Waals surface area contributed by atoms with Gasteiger partial charge in [-0.05, 0) is 24.6 Å². The van der Waals surface area contributed by atoms with E-state index in [4.69, 9.17) is 9.47 Å². The van der Waals surface area contributed by atoms with Crippen molar-refractivity contribution in [3.63, 3.8) is 0 Å². The summed E-state index contributed by atoms with van der Waals surface area (Å²) in [6.45, 7) is 7.34. The van der Waals surface area contributed by atoms with Crippen molar-refractivity contribution >= 4 is 10.9 Å². The Morgan fingerprint density at radius 3 is 2.69 bits per heavy atom. The molecule has 16 heavy (non-hydrogen) atoms. The maximum absolute atomic E-state index is 5.63. The summed E-state index contributed by atoms with van der Waals surface area (Å²) in [7, 11) is 0. The Bertz CT molecular complexity index is 488. The Morgan fingerprint density at radius 1 is 1.12 bits per heavy atom. The Hall–Kier alpha value is -1.64. The Morgan fingerprint density at radius 2 is 1.88 bits per heavy atom. The van der Waals surface area contributed by atoms with Crippen LogP contribution < -0.4 is 9.47 Å². The van der Waals surface area contributed by atoms with Crippen LogP contribution in [-0.4, -0.2) is 18.2 Å². The van der Waals surface area contributed by atoms with Gasteiger partial charge < -0.3 is 14.5 Å².